The van der Waals surface area contributed by atoms with Gasteiger partial charge in [0.15, 0.2) is 5.78 Å². The highest BCUT2D eigenvalue weighted by molar-refractivity contribution is 6.13. The van der Waals surface area contributed by atoms with Crippen LogP contribution in [0.2, 0.25) is 0 Å². The van der Waals surface area contributed by atoms with E-state index in [1.165, 1.54) is 6.20 Å². The minimum atomic E-state index is -0.702. The quantitative estimate of drug-likeness (QED) is 0.569. The lowest BCUT2D eigenvalue weighted by atomic mass is 9.92. The van der Waals surface area contributed by atoms with E-state index < -0.39 is 5.92 Å². The third kappa shape index (κ3) is 1.70. The number of hydrogen-bond acceptors (Lipinski definition) is 5. The molecular formula is C12H11N3O3. The SMILES string of the molecule is O=C1CCOCC1C(=O)c1cnn2ccncc12. The molecule has 0 saturated carbocycles. The number of ether oxygens (including phenoxy) is 1. The van der Waals surface area contributed by atoms with Crippen molar-refractivity contribution in [3.63, 3.8) is 0 Å². The van der Waals surface area contributed by atoms with Gasteiger partial charge in [0.05, 0.1) is 36.7 Å². The summed E-state index contributed by atoms with van der Waals surface area (Å²) in [6, 6.07) is 0. The van der Waals surface area contributed by atoms with Gasteiger partial charge in [-0.15, -0.1) is 0 Å². The van der Waals surface area contributed by atoms with Crippen molar-refractivity contribution >= 4 is 17.1 Å². The zero-order chi connectivity index (χ0) is 12.5. The average molecular weight is 245 g/mol. The van der Waals surface area contributed by atoms with E-state index in [-0.39, 0.29) is 18.2 Å². The second kappa shape index (κ2) is 4.30. The number of rotatable bonds is 2. The van der Waals surface area contributed by atoms with Crippen LogP contribution in [0.1, 0.15) is 16.8 Å². The first-order valence-corrected chi connectivity index (χ1v) is 5.69. The largest absolute Gasteiger partial charge is 0.380 e. The van der Waals surface area contributed by atoms with E-state index in [0.717, 1.165) is 0 Å². The van der Waals surface area contributed by atoms with Crippen LogP contribution in [-0.2, 0) is 9.53 Å². The van der Waals surface area contributed by atoms with Gasteiger partial charge in [-0.2, -0.15) is 5.10 Å². The Hall–Kier alpha value is -2.08. The summed E-state index contributed by atoms with van der Waals surface area (Å²) in [5.74, 6) is -0.996. The number of ketones is 2. The normalized spacial score (nSPS) is 20.2. The molecule has 0 aliphatic carbocycles. The van der Waals surface area contributed by atoms with E-state index in [9.17, 15) is 9.59 Å². The Kier molecular flexibility index (Phi) is 2.64. The molecule has 2 aromatic heterocycles. The lowest BCUT2D eigenvalue weighted by molar-refractivity contribution is -0.128. The summed E-state index contributed by atoms with van der Waals surface area (Å²) in [6.07, 6.45) is 6.58. The van der Waals surface area contributed by atoms with Crippen molar-refractivity contribution in [1.82, 2.24) is 14.6 Å². The molecule has 6 heteroatoms. The number of Topliss-reactive ketones (excluding diaryl/α,β-unsaturated/α-hetero) is 2. The molecule has 3 rings (SSSR count). The molecule has 1 saturated heterocycles. The number of carbonyl (C=O) groups is 2. The number of hydrogen-bond donors (Lipinski definition) is 0. The molecule has 0 N–H and O–H groups in total. The maximum Gasteiger partial charge on any atom is 0.179 e. The van der Waals surface area contributed by atoms with Crippen molar-refractivity contribution in [2.75, 3.05) is 13.2 Å². The van der Waals surface area contributed by atoms with Crippen molar-refractivity contribution in [3.8, 4) is 0 Å². The number of fused-ring (bicyclic) bond motifs is 1. The topological polar surface area (TPSA) is 73.6 Å². The Balaban J connectivity index is 1.99. The summed E-state index contributed by atoms with van der Waals surface area (Å²) in [6.45, 7) is 0.564. The van der Waals surface area contributed by atoms with Crippen LogP contribution in [-0.4, -0.2) is 39.4 Å². The van der Waals surface area contributed by atoms with Crippen LogP contribution >= 0.6 is 0 Å². The van der Waals surface area contributed by atoms with Crippen LogP contribution in [0, 0.1) is 5.92 Å². The maximum absolute atomic E-state index is 12.3. The molecule has 1 fully saturated rings. The molecule has 1 aliphatic rings. The fraction of sp³-hybridized carbons (Fsp3) is 0.333. The van der Waals surface area contributed by atoms with Gasteiger partial charge in [-0.3, -0.25) is 14.6 Å². The van der Waals surface area contributed by atoms with Gasteiger partial charge in [0.2, 0.25) is 0 Å². The summed E-state index contributed by atoms with van der Waals surface area (Å²) >= 11 is 0. The predicted octanol–water partition coefficient (Wildman–Crippen LogP) is 0.518. The van der Waals surface area contributed by atoms with Gasteiger partial charge in [-0.1, -0.05) is 0 Å². The number of nitrogens with zero attached hydrogens (tertiary/aromatic N) is 3. The van der Waals surface area contributed by atoms with Crippen LogP contribution in [0.4, 0.5) is 0 Å². The van der Waals surface area contributed by atoms with Crippen LogP contribution in [0.5, 0.6) is 0 Å². The highest BCUT2D eigenvalue weighted by atomic mass is 16.5. The van der Waals surface area contributed by atoms with Gasteiger partial charge in [0, 0.05) is 18.8 Å². The Morgan fingerprint density at radius 1 is 1.44 bits per heavy atom. The first-order valence-electron chi connectivity index (χ1n) is 5.69. The van der Waals surface area contributed by atoms with Crippen LogP contribution in [0.15, 0.2) is 24.8 Å². The lowest BCUT2D eigenvalue weighted by Crippen LogP contribution is -2.33. The van der Waals surface area contributed by atoms with Crippen molar-refractivity contribution < 1.29 is 14.3 Å². The molecule has 1 aliphatic heterocycles. The van der Waals surface area contributed by atoms with Crippen molar-refractivity contribution in [2.45, 2.75) is 6.42 Å². The van der Waals surface area contributed by atoms with Gasteiger partial charge in [-0.05, 0) is 0 Å². The summed E-state index contributed by atoms with van der Waals surface area (Å²) in [5.41, 5.74) is 1.04. The third-order valence-electron chi connectivity index (χ3n) is 3.07. The molecule has 1 atom stereocenters. The van der Waals surface area contributed by atoms with E-state index >= 15 is 0 Å². The molecule has 6 nitrogen and oxygen atoms in total. The zero-order valence-electron chi connectivity index (χ0n) is 9.57. The zero-order valence-corrected chi connectivity index (χ0v) is 9.57. The molecule has 3 heterocycles. The third-order valence-corrected chi connectivity index (χ3v) is 3.07. The van der Waals surface area contributed by atoms with E-state index in [1.54, 1.807) is 23.1 Å². The molecule has 0 radical (unpaired) electrons. The Bertz CT molecular complexity index is 620. The first kappa shape index (κ1) is 11.0. The van der Waals surface area contributed by atoms with Crippen LogP contribution in [0.3, 0.4) is 0 Å². The summed E-state index contributed by atoms with van der Waals surface area (Å²) < 4.78 is 6.76. The first-order chi connectivity index (χ1) is 8.77. The molecule has 18 heavy (non-hydrogen) atoms. The standard InChI is InChI=1S/C12H11N3O3/c16-11-1-4-18-7-9(11)12(17)8-5-14-15-3-2-13-6-10(8)15/h2-3,5-6,9H,1,4,7H2. The van der Waals surface area contributed by atoms with Gasteiger partial charge in [0.1, 0.15) is 11.7 Å². The van der Waals surface area contributed by atoms with E-state index in [1.807, 2.05) is 0 Å². The summed E-state index contributed by atoms with van der Waals surface area (Å²) in [5, 5.41) is 4.06. The lowest BCUT2D eigenvalue weighted by Gasteiger charge is -2.19. The van der Waals surface area contributed by atoms with Gasteiger partial charge >= 0.3 is 0 Å². The molecule has 0 amide bonds. The van der Waals surface area contributed by atoms with E-state index in [4.69, 9.17) is 4.74 Å². The fourth-order valence-electron chi connectivity index (χ4n) is 2.08. The van der Waals surface area contributed by atoms with Crippen molar-refractivity contribution in [2.24, 2.45) is 5.92 Å². The predicted molar refractivity (Wildman–Crippen MR) is 61.3 cm³/mol. The second-order valence-corrected chi connectivity index (χ2v) is 4.17. The minimum Gasteiger partial charge on any atom is -0.380 e. The van der Waals surface area contributed by atoms with Crippen molar-refractivity contribution in [3.05, 3.63) is 30.4 Å². The van der Waals surface area contributed by atoms with Crippen LogP contribution in [0.25, 0.3) is 5.52 Å². The van der Waals surface area contributed by atoms with Crippen molar-refractivity contribution in [1.29, 1.82) is 0 Å². The molecule has 2 aromatic rings. The Labute approximate surface area is 103 Å². The average Bonchev–Trinajstić information content (AvgIpc) is 2.82. The smallest absolute Gasteiger partial charge is 0.179 e. The fourth-order valence-corrected chi connectivity index (χ4v) is 2.08. The highest BCUT2D eigenvalue weighted by Gasteiger charge is 2.31. The molecule has 0 aromatic carbocycles. The summed E-state index contributed by atoms with van der Waals surface area (Å²) in [4.78, 5) is 28.0. The van der Waals surface area contributed by atoms with Crippen LogP contribution < -0.4 is 0 Å². The Morgan fingerprint density at radius 2 is 2.33 bits per heavy atom. The Morgan fingerprint density at radius 3 is 3.17 bits per heavy atom. The van der Waals surface area contributed by atoms with Gasteiger partial charge < -0.3 is 4.74 Å². The molecule has 0 bridgehead atoms. The number of aromatic nitrogens is 3. The molecule has 1 unspecified atom stereocenters. The molecule has 92 valence electrons. The summed E-state index contributed by atoms with van der Waals surface area (Å²) in [7, 11) is 0. The van der Waals surface area contributed by atoms with Gasteiger partial charge in [-0.25, -0.2) is 4.52 Å². The highest BCUT2D eigenvalue weighted by Crippen LogP contribution is 2.19. The monoisotopic (exact) mass is 245 g/mol. The number of carbonyl (C=O) groups excluding carboxylic acids is 2. The molecule has 0 spiro atoms. The van der Waals surface area contributed by atoms with E-state index in [2.05, 4.69) is 10.1 Å². The second-order valence-electron chi connectivity index (χ2n) is 4.17. The van der Waals surface area contributed by atoms with Gasteiger partial charge in [0.25, 0.3) is 0 Å². The van der Waals surface area contributed by atoms with E-state index in [0.29, 0.717) is 24.1 Å². The molecular weight excluding hydrogens is 234 g/mol. The maximum atomic E-state index is 12.3. The minimum absolute atomic E-state index is 0.0607.